The number of aryl methyl sites for hydroxylation is 1. The van der Waals surface area contributed by atoms with E-state index in [1.165, 1.54) is 23.5 Å². The van der Waals surface area contributed by atoms with Gasteiger partial charge in [0.05, 0.1) is 22.6 Å². The summed E-state index contributed by atoms with van der Waals surface area (Å²) in [5.74, 6) is -1.12. The first-order valence-electron chi connectivity index (χ1n) is 10.3. The number of aliphatic carboxylic acids is 1. The third kappa shape index (κ3) is 6.42. The van der Waals surface area contributed by atoms with E-state index in [9.17, 15) is 18.0 Å². The van der Waals surface area contributed by atoms with Crippen molar-refractivity contribution >= 4 is 23.0 Å². The number of thiazole rings is 1. The first kappa shape index (κ1) is 25.4. The Hall–Kier alpha value is -3.24. The number of alkyl halides is 3. The Kier molecular flexibility index (Phi) is 8.06. The number of hydrogen-bond acceptors (Lipinski definition) is 6. The fourth-order valence-corrected chi connectivity index (χ4v) is 4.33. The van der Waals surface area contributed by atoms with Gasteiger partial charge in [0.25, 0.3) is 0 Å². The topological polar surface area (TPSA) is 104 Å². The van der Waals surface area contributed by atoms with E-state index in [4.69, 9.17) is 20.4 Å². The Balaban J connectivity index is 1.68. The van der Waals surface area contributed by atoms with Crippen molar-refractivity contribution in [1.29, 1.82) is 5.41 Å². The number of hydrogen-bond donors (Lipinski definition) is 3. The molecule has 1 heterocycles. The number of nitrogens with one attached hydrogen (secondary N) is 1. The molecule has 0 saturated carbocycles. The van der Waals surface area contributed by atoms with E-state index in [2.05, 4.69) is 4.98 Å². The highest BCUT2D eigenvalue weighted by Crippen LogP contribution is 2.33. The zero-order valence-electron chi connectivity index (χ0n) is 18.2. The van der Waals surface area contributed by atoms with Crippen LogP contribution in [0.3, 0.4) is 0 Å². The predicted octanol–water partition coefficient (Wildman–Crippen LogP) is 5.68. The van der Waals surface area contributed by atoms with Crippen molar-refractivity contribution in [2.45, 2.75) is 38.5 Å². The monoisotopic (exact) mass is 492 g/mol. The molecular weight excluding hydrogens is 469 g/mol. The van der Waals surface area contributed by atoms with Gasteiger partial charge in [-0.1, -0.05) is 24.3 Å². The molecule has 180 valence electrons. The number of carbonyl (C=O) groups is 1. The second-order valence-electron chi connectivity index (χ2n) is 7.61. The minimum Gasteiger partial charge on any atom is -0.488 e. The Bertz CT molecular complexity index is 1140. The molecule has 34 heavy (non-hydrogen) atoms. The van der Waals surface area contributed by atoms with Crippen molar-refractivity contribution in [3.63, 3.8) is 0 Å². The average molecular weight is 493 g/mol. The smallest absolute Gasteiger partial charge is 0.416 e. The quantitative estimate of drug-likeness (QED) is 0.316. The molecule has 0 aliphatic carbocycles. The van der Waals surface area contributed by atoms with Gasteiger partial charge in [0.2, 0.25) is 0 Å². The van der Waals surface area contributed by atoms with Crippen molar-refractivity contribution in [2.24, 2.45) is 0 Å². The third-order valence-electron chi connectivity index (χ3n) is 5.18. The van der Waals surface area contributed by atoms with Crippen LogP contribution in [0.1, 0.15) is 40.5 Å². The number of aromatic nitrogens is 1. The van der Waals surface area contributed by atoms with E-state index < -0.39 is 23.6 Å². The molecular formula is C24H23F3N2O4S. The summed E-state index contributed by atoms with van der Waals surface area (Å²) < 4.78 is 44.1. The summed E-state index contributed by atoms with van der Waals surface area (Å²) in [4.78, 5) is 16.4. The summed E-state index contributed by atoms with van der Waals surface area (Å²) in [6.07, 6.45) is -4.54. The van der Waals surface area contributed by atoms with Gasteiger partial charge in [0, 0.05) is 30.2 Å². The molecule has 2 aromatic carbocycles. The zero-order valence-corrected chi connectivity index (χ0v) is 19.0. The van der Waals surface area contributed by atoms with Crippen LogP contribution in [0.5, 0.6) is 5.75 Å². The molecule has 3 aromatic rings. The molecule has 0 unspecified atom stereocenters. The van der Waals surface area contributed by atoms with Gasteiger partial charge < -0.3 is 20.4 Å². The van der Waals surface area contributed by atoms with E-state index in [0.29, 0.717) is 21.9 Å². The molecule has 1 aromatic heterocycles. The van der Waals surface area contributed by atoms with Gasteiger partial charge in [-0.3, -0.25) is 4.79 Å². The van der Waals surface area contributed by atoms with Crippen LogP contribution in [0.15, 0.2) is 48.5 Å². The van der Waals surface area contributed by atoms with Gasteiger partial charge in [-0.05, 0) is 36.8 Å². The van der Waals surface area contributed by atoms with Crippen molar-refractivity contribution in [2.75, 3.05) is 6.61 Å². The van der Waals surface area contributed by atoms with Crippen molar-refractivity contribution < 1.29 is 32.9 Å². The fraction of sp³-hybridized carbons (Fsp3) is 0.292. The fourth-order valence-electron chi connectivity index (χ4n) is 3.34. The maximum Gasteiger partial charge on any atom is 0.416 e. The zero-order chi connectivity index (χ0) is 24.9. The van der Waals surface area contributed by atoms with E-state index in [1.54, 1.807) is 31.2 Å². The highest BCUT2D eigenvalue weighted by atomic mass is 32.1. The summed E-state index contributed by atoms with van der Waals surface area (Å²) in [5.41, 5.74) is 1.39. The SMILES string of the molecule is Cc1nc(-c2ccc(C(F)(F)F)cc2)sc1COc1ccc([C@H](CC(=O)O)C(=N)CCO)cc1. The molecule has 0 radical (unpaired) electrons. The van der Waals surface area contributed by atoms with Crippen LogP contribution in [-0.4, -0.2) is 33.5 Å². The highest BCUT2D eigenvalue weighted by molar-refractivity contribution is 7.15. The standard InChI is InChI=1S/C24H23F3N2O4S/c1-14-21(34-23(29-14)16-2-6-17(7-3-16)24(25,26)27)13-33-18-8-4-15(5-9-18)19(12-22(31)32)20(28)10-11-30/h2-9,19,28,30H,10-13H2,1H3,(H,31,32)/t19-/m0/s1. The number of aliphatic hydroxyl groups excluding tert-OH is 1. The van der Waals surface area contributed by atoms with Crippen LogP contribution in [0.4, 0.5) is 13.2 Å². The molecule has 1 atom stereocenters. The van der Waals surface area contributed by atoms with E-state index in [1.807, 2.05) is 0 Å². The lowest BCUT2D eigenvalue weighted by atomic mass is 9.89. The first-order chi connectivity index (χ1) is 16.1. The third-order valence-corrected chi connectivity index (χ3v) is 6.36. The van der Waals surface area contributed by atoms with Crippen LogP contribution in [0.2, 0.25) is 0 Å². The minimum atomic E-state index is -4.39. The summed E-state index contributed by atoms with van der Waals surface area (Å²) in [6, 6.07) is 11.6. The number of rotatable bonds is 10. The molecule has 0 aliphatic rings. The molecule has 0 spiro atoms. The Morgan fingerprint density at radius 3 is 2.35 bits per heavy atom. The summed E-state index contributed by atoms with van der Waals surface area (Å²) in [5, 5.41) is 26.9. The lowest BCUT2D eigenvalue weighted by Crippen LogP contribution is -2.17. The van der Waals surface area contributed by atoms with Crippen LogP contribution >= 0.6 is 11.3 Å². The van der Waals surface area contributed by atoms with Crippen LogP contribution in [-0.2, 0) is 17.6 Å². The lowest BCUT2D eigenvalue weighted by molar-refractivity contribution is -0.138. The number of halogens is 3. The maximum atomic E-state index is 12.8. The molecule has 0 fully saturated rings. The molecule has 3 rings (SSSR count). The van der Waals surface area contributed by atoms with Crippen LogP contribution in [0, 0.1) is 12.3 Å². The normalized spacial score (nSPS) is 12.4. The molecule has 0 bridgehead atoms. The van der Waals surface area contributed by atoms with Gasteiger partial charge >= 0.3 is 12.1 Å². The average Bonchev–Trinajstić information content (AvgIpc) is 3.16. The number of carboxylic acids is 1. The van der Waals surface area contributed by atoms with Gasteiger partial charge in [-0.2, -0.15) is 13.2 Å². The molecule has 0 amide bonds. The largest absolute Gasteiger partial charge is 0.488 e. The first-order valence-corrected chi connectivity index (χ1v) is 11.2. The molecule has 3 N–H and O–H groups in total. The molecule has 0 aliphatic heterocycles. The number of aliphatic hydroxyl groups is 1. The van der Waals surface area contributed by atoms with Gasteiger partial charge in [0.1, 0.15) is 17.4 Å². The maximum absolute atomic E-state index is 12.8. The summed E-state index contributed by atoms with van der Waals surface area (Å²) >= 11 is 1.34. The highest BCUT2D eigenvalue weighted by Gasteiger charge is 2.30. The van der Waals surface area contributed by atoms with Crippen LogP contribution < -0.4 is 4.74 Å². The van der Waals surface area contributed by atoms with Crippen molar-refractivity contribution in [1.82, 2.24) is 4.98 Å². The van der Waals surface area contributed by atoms with Crippen molar-refractivity contribution in [3.05, 3.63) is 70.2 Å². The van der Waals surface area contributed by atoms with E-state index in [0.717, 1.165) is 22.7 Å². The molecule has 6 nitrogen and oxygen atoms in total. The second-order valence-corrected chi connectivity index (χ2v) is 8.69. The molecule has 0 saturated heterocycles. The van der Waals surface area contributed by atoms with Crippen LogP contribution in [0.25, 0.3) is 10.6 Å². The van der Waals surface area contributed by atoms with Gasteiger partial charge in [-0.15, -0.1) is 11.3 Å². The van der Waals surface area contributed by atoms with E-state index >= 15 is 0 Å². The minimum absolute atomic E-state index is 0.0993. The van der Waals surface area contributed by atoms with E-state index in [-0.39, 0.29) is 31.8 Å². The number of benzene rings is 2. The Morgan fingerprint density at radius 2 is 1.79 bits per heavy atom. The van der Waals surface area contributed by atoms with Gasteiger partial charge in [0.15, 0.2) is 0 Å². The Labute approximate surface area is 198 Å². The number of nitrogens with zero attached hydrogens (tertiary/aromatic N) is 1. The number of ether oxygens (including phenoxy) is 1. The summed E-state index contributed by atoms with van der Waals surface area (Å²) in [6.45, 7) is 1.79. The number of carboxylic acid groups (broad SMARTS) is 1. The summed E-state index contributed by atoms with van der Waals surface area (Å²) in [7, 11) is 0. The molecule has 10 heteroatoms. The Morgan fingerprint density at radius 1 is 1.15 bits per heavy atom. The van der Waals surface area contributed by atoms with Gasteiger partial charge in [-0.25, -0.2) is 4.98 Å². The second kappa shape index (κ2) is 10.8. The predicted molar refractivity (Wildman–Crippen MR) is 122 cm³/mol. The lowest BCUT2D eigenvalue weighted by Gasteiger charge is -2.17. The van der Waals surface area contributed by atoms with Crippen molar-refractivity contribution in [3.8, 4) is 16.3 Å².